The molecule has 0 fully saturated rings. The first-order chi connectivity index (χ1) is 8.56. The SMILES string of the molecule is C[C@@H]1C[C@@H](c2cc(F)cc(F)c2)n2c1n[nH]c2=O. The van der Waals surface area contributed by atoms with Gasteiger partial charge in [-0.25, -0.2) is 18.7 Å². The van der Waals surface area contributed by atoms with E-state index in [4.69, 9.17) is 0 Å². The molecule has 3 rings (SSSR count). The van der Waals surface area contributed by atoms with Crippen LogP contribution in [0, 0.1) is 11.6 Å². The number of H-pyrrole nitrogens is 1. The number of hydrogen-bond donors (Lipinski definition) is 1. The number of rotatable bonds is 1. The Morgan fingerprint density at radius 1 is 1.33 bits per heavy atom. The molecule has 6 heteroatoms. The van der Waals surface area contributed by atoms with Crippen LogP contribution in [0.1, 0.15) is 36.7 Å². The summed E-state index contributed by atoms with van der Waals surface area (Å²) in [6.45, 7) is 1.93. The largest absolute Gasteiger partial charge is 0.343 e. The van der Waals surface area contributed by atoms with E-state index in [1.165, 1.54) is 16.7 Å². The van der Waals surface area contributed by atoms with Crippen molar-refractivity contribution in [3.8, 4) is 0 Å². The second-order valence-electron chi connectivity index (χ2n) is 4.61. The van der Waals surface area contributed by atoms with E-state index in [1.54, 1.807) is 0 Å². The molecule has 1 aliphatic rings. The quantitative estimate of drug-likeness (QED) is 0.842. The summed E-state index contributed by atoms with van der Waals surface area (Å²) in [5, 5.41) is 6.30. The smallest absolute Gasteiger partial charge is 0.271 e. The first-order valence-electron chi connectivity index (χ1n) is 5.69. The van der Waals surface area contributed by atoms with E-state index < -0.39 is 11.6 Å². The molecular formula is C12H11F2N3O. The van der Waals surface area contributed by atoms with Crippen LogP contribution in [0.25, 0.3) is 0 Å². The summed E-state index contributed by atoms with van der Waals surface area (Å²) in [6, 6.07) is 2.98. The van der Waals surface area contributed by atoms with Crippen molar-refractivity contribution in [2.24, 2.45) is 0 Å². The molecule has 0 saturated carbocycles. The predicted octanol–water partition coefficient (Wildman–Crippen LogP) is 1.95. The summed E-state index contributed by atoms with van der Waals surface area (Å²) < 4.78 is 27.9. The van der Waals surface area contributed by atoms with Gasteiger partial charge in [0.15, 0.2) is 0 Å². The molecule has 0 aliphatic carbocycles. The lowest BCUT2D eigenvalue weighted by Crippen LogP contribution is -2.20. The second kappa shape index (κ2) is 3.76. The van der Waals surface area contributed by atoms with Crippen LogP contribution in [-0.4, -0.2) is 14.8 Å². The van der Waals surface area contributed by atoms with Gasteiger partial charge in [0.25, 0.3) is 0 Å². The number of nitrogens with one attached hydrogen (secondary N) is 1. The molecule has 94 valence electrons. The number of benzene rings is 1. The average Bonchev–Trinajstić information content (AvgIpc) is 2.81. The highest BCUT2D eigenvalue weighted by atomic mass is 19.1. The molecule has 0 saturated heterocycles. The van der Waals surface area contributed by atoms with Crippen molar-refractivity contribution in [1.29, 1.82) is 0 Å². The van der Waals surface area contributed by atoms with Gasteiger partial charge in [0.1, 0.15) is 17.5 Å². The fraction of sp³-hybridized carbons (Fsp3) is 0.333. The standard InChI is InChI=1S/C12H11F2N3O/c1-6-2-10(17-11(6)15-16-12(17)18)7-3-8(13)5-9(14)4-7/h3-6,10H,2H2,1H3,(H,16,18)/t6-,10+/m1/s1. The lowest BCUT2D eigenvalue weighted by molar-refractivity contribution is 0.545. The van der Waals surface area contributed by atoms with Gasteiger partial charge in [-0.05, 0) is 24.1 Å². The van der Waals surface area contributed by atoms with E-state index in [9.17, 15) is 13.6 Å². The molecule has 1 aliphatic heterocycles. The minimum atomic E-state index is -0.636. The second-order valence-corrected chi connectivity index (χ2v) is 4.61. The van der Waals surface area contributed by atoms with E-state index in [0.717, 1.165) is 6.07 Å². The van der Waals surface area contributed by atoms with Crippen LogP contribution in [0.15, 0.2) is 23.0 Å². The Bertz CT molecular complexity index is 641. The number of aromatic amines is 1. The summed E-state index contributed by atoms with van der Waals surface area (Å²) in [4.78, 5) is 11.7. The Morgan fingerprint density at radius 3 is 2.67 bits per heavy atom. The number of nitrogens with zero attached hydrogens (tertiary/aromatic N) is 2. The topological polar surface area (TPSA) is 50.7 Å². The highest BCUT2D eigenvalue weighted by Crippen LogP contribution is 2.37. The molecule has 2 aromatic rings. The van der Waals surface area contributed by atoms with Crippen LogP contribution in [0.3, 0.4) is 0 Å². The van der Waals surface area contributed by atoms with Gasteiger partial charge >= 0.3 is 5.69 Å². The molecule has 1 aromatic carbocycles. The van der Waals surface area contributed by atoms with Crippen LogP contribution in [0.5, 0.6) is 0 Å². The summed E-state index contributed by atoms with van der Waals surface area (Å²) in [5.41, 5.74) is 0.116. The number of aromatic nitrogens is 3. The molecule has 1 N–H and O–H groups in total. The van der Waals surface area contributed by atoms with Gasteiger partial charge in [0.2, 0.25) is 0 Å². The molecule has 0 amide bonds. The molecule has 0 unspecified atom stereocenters. The van der Waals surface area contributed by atoms with Crippen molar-refractivity contribution in [3.63, 3.8) is 0 Å². The summed E-state index contributed by atoms with van der Waals surface area (Å²) >= 11 is 0. The normalized spacial score (nSPS) is 22.2. The molecule has 0 bridgehead atoms. The zero-order chi connectivity index (χ0) is 12.9. The Labute approximate surface area is 101 Å². The van der Waals surface area contributed by atoms with Crippen molar-refractivity contribution in [3.05, 3.63) is 51.7 Å². The van der Waals surface area contributed by atoms with Gasteiger partial charge in [-0.1, -0.05) is 6.92 Å². The van der Waals surface area contributed by atoms with Crippen molar-refractivity contribution >= 4 is 0 Å². The van der Waals surface area contributed by atoms with Crippen molar-refractivity contribution in [2.45, 2.75) is 25.3 Å². The fourth-order valence-corrected chi connectivity index (χ4v) is 2.56. The lowest BCUT2D eigenvalue weighted by Gasteiger charge is -2.12. The minimum absolute atomic E-state index is 0.0836. The molecular weight excluding hydrogens is 240 g/mol. The van der Waals surface area contributed by atoms with Crippen LogP contribution in [-0.2, 0) is 0 Å². The van der Waals surface area contributed by atoms with E-state index in [2.05, 4.69) is 10.2 Å². The van der Waals surface area contributed by atoms with E-state index in [0.29, 0.717) is 17.8 Å². The number of halogens is 2. The van der Waals surface area contributed by atoms with E-state index in [1.807, 2.05) is 6.92 Å². The molecule has 1 aromatic heterocycles. The van der Waals surface area contributed by atoms with Crippen LogP contribution >= 0.6 is 0 Å². The monoisotopic (exact) mass is 251 g/mol. The third-order valence-electron chi connectivity index (χ3n) is 3.33. The maximum Gasteiger partial charge on any atom is 0.343 e. The van der Waals surface area contributed by atoms with Crippen LogP contribution in [0.2, 0.25) is 0 Å². The van der Waals surface area contributed by atoms with Gasteiger partial charge in [-0.2, -0.15) is 5.10 Å². The summed E-state index contributed by atoms with van der Waals surface area (Å²) in [5.74, 6) is -0.555. The Morgan fingerprint density at radius 2 is 2.00 bits per heavy atom. The van der Waals surface area contributed by atoms with Crippen LogP contribution < -0.4 is 5.69 Å². The fourth-order valence-electron chi connectivity index (χ4n) is 2.56. The zero-order valence-corrected chi connectivity index (χ0v) is 9.65. The molecule has 0 radical (unpaired) electrons. The first kappa shape index (κ1) is 11.1. The molecule has 4 nitrogen and oxygen atoms in total. The summed E-state index contributed by atoms with van der Waals surface area (Å²) in [7, 11) is 0. The van der Waals surface area contributed by atoms with Gasteiger partial charge in [0, 0.05) is 12.0 Å². The van der Waals surface area contributed by atoms with Gasteiger partial charge < -0.3 is 0 Å². The first-order valence-corrected chi connectivity index (χ1v) is 5.69. The maximum absolute atomic E-state index is 13.2. The highest BCUT2D eigenvalue weighted by molar-refractivity contribution is 5.25. The highest BCUT2D eigenvalue weighted by Gasteiger charge is 2.32. The zero-order valence-electron chi connectivity index (χ0n) is 9.65. The molecule has 2 heterocycles. The minimum Gasteiger partial charge on any atom is -0.271 e. The van der Waals surface area contributed by atoms with Gasteiger partial charge in [0.05, 0.1) is 6.04 Å². The molecule has 0 spiro atoms. The number of hydrogen-bond acceptors (Lipinski definition) is 2. The van der Waals surface area contributed by atoms with Gasteiger partial charge in [-0.3, -0.25) is 4.57 Å². The average molecular weight is 251 g/mol. The molecule has 2 atom stereocenters. The van der Waals surface area contributed by atoms with E-state index in [-0.39, 0.29) is 17.6 Å². The Hall–Kier alpha value is -1.98. The predicted molar refractivity (Wildman–Crippen MR) is 60.4 cm³/mol. The lowest BCUT2D eigenvalue weighted by atomic mass is 10.00. The van der Waals surface area contributed by atoms with Crippen molar-refractivity contribution in [2.75, 3.05) is 0 Å². The summed E-state index contributed by atoms with van der Waals surface area (Å²) in [6.07, 6.45) is 0.620. The van der Waals surface area contributed by atoms with Gasteiger partial charge in [-0.15, -0.1) is 0 Å². The van der Waals surface area contributed by atoms with Crippen LogP contribution in [0.4, 0.5) is 8.78 Å². The van der Waals surface area contributed by atoms with Crippen molar-refractivity contribution < 1.29 is 8.78 Å². The maximum atomic E-state index is 13.2. The molecule has 18 heavy (non-hydrogen) atoms. The van der Waals surface area contributed by atoms with E-state index >= 15 is 0 Å². The third-order valence-corrected chi connectivity index (χ3v) is 3.33. The Kier molecular flexibility index (Phi) is 2.33. The third kappa shape index (κ3) is 1.56. The number of fused-ring (bicyclic) bond motifs is 1. The van der Waals surface area contributed by atoms with Crippen molar-refractivity contribution in [1.82, 2.24) is 14.8 Å². The Balaban J connectivity index is 2.14.